The Morgan fingerprint density at radius 1 is 1.33 bits per heavy atom. The van der Waals surface area contributed by atoms with Crippen molar-refractivity contribution in [1.29, 1.82) is 0 Å². The lowest BCUT2D eigenvalue weighted by Gasteiger charge is -2.36. The van der Waals surface area contributed by atoms with Crippen molar-refractivity contribution in [3.63, 3.8) is 0 Å². The average molecular weight is 369 g/mol. The Kier molecular flexibility index (Phi) is 5.35. The highest BCUT2D eigenvalue weighted by molar-refractivity contribution is 5.97. The fourth-order valence-electron chi connectivity index (χ4n) is 3.91. The van der Waals surface area contributed by atoms with Gasteiger partial charge in [0.2, 0.25) is 0 Å². The second-order valence-corrected chi connectivity index (χ2v) is 7.61. The summed E-state index contributed by atoms with van der Waals surface area (Å²) >= 11 is 0. The molecule has 0 spiro atoms. The van der Waals surface area contributed by atoms with Crippen LogP contribution in [0.5, 0.6) is 0 Å². The second kappa shape index (κ2) is 7.55. The standard InChI is InChI=1S/C21H27N3O3/c1-4-24-18(13-16(23-24)12-14(2)3)19(25)22-21(20(26)27)11-7-9-15-8-5-6-10-17(15)21/h5-6,8,10,13-14H,4,7,9,11-12H2,1-3H3,(H,22,25)(H,26,27). The van der Waals surface area contributed by atoms with E-state index in [-0.39, 0.29) is 0 Å². The number of amides is 1. The van der Waals surface area contributed by atoms with E-state index in [0.717, 1.165) is 30.5 Å². The SMILES string of the molecule is CCn1nc(CC(C)C)cc1C(=O)NC1(C(=O)O)CCCc2ccccc21. The molecule has 0 saturated heterocycles. The quantitative estimate of drug-likeness (QED) is 0.819. The summed E-state index contributed by atoms with van der Waals surface area (Å²) in [6.45, 7) is 6.68. The molecular weight excluding hydrogens is 342 g/mol. The zero-order valence-corrected chi connectivity index (χ0v) is 16.2. The first-order valence-corrected chi connectivity index (χ1v) is 9.58. The third kappa shape index (κ3) is 3.61. The van der Waals surface area contributed by atoms with E-state index in [0.29, 0.717) is 30.1 Å². The fourth-order valence-corrected chi connectivity index (χ4v) is 3.91. The number of hydrogen-bond acceptors (Lipinski definition) is 3. The van der Waals surface area contributed by atoms with E-state index in [1.165, 1.54) is 0 Å². The maximum Gasteiger partial charge on any atom is 0.334 e. The minimum Gasteiger partial charge on any atom is -0.479 e. The molecule has 0 saturated carbocycles. The number of rotatable bonds is 6. The van der Waals surface area contributed by atoms with Gasteiger partial charge in [-0.05, 0) is 55.7 Å². The van der Waals surface area contributed by atoms with Gasteiger partial charge in [0.15, 0.2) is 5.54 Å². The molecule has 1 atom stereocenters. The van der Waals surface area contributed by atoms with E-state index >= 15 is 0 Å². The van der Waals surface area contributed by atoms with Gasteiger partial charge in [-0.3, -0.25) is 9.48 Å². The normalized spacial score (nSPS) is 19.0. The van der Waals surface area contributed by atoms with Crippen molar-refractivity contribution in [3.8, 4) is 0 Å². The molecule has 2 N–H and O–H groups in total. The number of benzene rings is 1. The lowest BCUT2D eigenvalue weighted by molar-refractivity contribution is -0.145. The van der Waals surface area contributed by atoms with Gasteiger partial charge in [0.1, 0.15) is 5.69 Å². The molecule has 6 nitrogen and oxygen atoms in total. The van der Waals surface area contributed by atoms with Crippen LogP contribution in [0.3, 0.4) is 0 Å². The van der Waals surface area contributed by atoms with Crippen LogP contribution >= 0.6 is 0 Å². The highest BCUT2D eigenvalue weighted by atomic mass is 16.4. The number of aromatic nitrogens is 2. The minimum atomic E-state index is -1.40. The first kappa shape index (κ1) is 19.1. The lowest BCUT2D eigenvalue weighted by Crippen LogP contribution is -2.54. The van der Waals surface area contributed by atoms with E-state index in [9.17, 15) is 14.7 Å². The Hall–Kier alpha value is -2.63. The predicted molar refractivity (Wildman–Crippen MR) is 103 cm³/mol. The van der Waals surface area contributed by atoms with Crippen LogP contribution in [0.4, 0.5) is 0 Å². The maximum atomic E-state index is 13.1. The monoisotopic (exact) mass is 369 g/mol. The largest absolute Gasteiger partial charge is 0.479 e. The predicted octanol–water partition coefficient (Wildman–Crippen LogP) is 3.15. The Morgan fingerprint density at radius 2 is 2.07 bits per heavy atom. The molecule has 1 aliphatic carbocycles. The number of carboxylic acid groups (broad SMARTS) is 1. The molecule has 3 rings (SSSR count). The van der Waals surface area contributed by atoms with Crippen molar-refractivity contribution in [2.24, 2.45) is 5.92 Å². The third-order valence-corrected chi connectivity index (χ3v) is 5.15. The van der Waals surface area contributed by atoms with Crippen LogP contribution in [0.2, 0.25) is 0 Å². The number of carboxylic acids is 1. The first-order valence-electron chi connectivity index (χ1n) is 9.58. The highest BCUT2D eigenvalue weighted by Gasteiger charge is 2.45. The van der Waals surface area contributed by atoms with Crippen LogP contribution in [0.25, 0.3) is 0 Å². The van der Waals surface area contributed by atoms with Gasteiger partial charge < -0.3 is 10.4 Å². The van der Waals surface area contributed by atoms with Crippen LogP contribution in [-0.2, 0) is 29.7 Å². The molecule has 0 bridgehead atoms. The van der Waals surface area contributed by atoms with Crippen LogP contribution in [0.1, 0.15) is 60.9 Å². The summed E-state index contributed by atoms with van der Waals surface area (Å²) in [5.41, 5.74) is 1.53. The molecule has 1 aromatic heterocycles. The third-order valence-electron chi connectivity index (χ3n) is 5.15. The average Bonchev–Trinajstić information content (AvgIpc) is 3.04. The Bertz CT molecular complexity index is 856. The fraction of sp³-hybridized carbons (Fsp3) is 0.476. The Morgan fingerprint density at radius 3 is 2.74 bits per heavy atom. The summed E-state index contributed by atoms with van der Waals surface area (Å²) in [6.07, 6.45) is 2.70. The molecule has 144 valence electrons. The number of fused-ring (bicyclic) bond motifs is 1. The molecule has 1 heterocycles. The van der Waals surface area contributed by atoms with E-state index in [4.69, 9.17) is 0 Å². The molecule has 1 unspecified atom stereocenters. The summed E-state index contributed by atoms with van der Waals surface area (Å²) in [5, 5.41) is 17.4. The van der Waals surface area contributed by atoms with Gasteiger partial charge >= 0.3 is 5.97 Å². The van der Waals surface area contributed by atoms with Crippen LogP contribution < -0.4 is 5.32 Å². The molecule has 1 aliphatic rings. The van der Waals surface area contributed by atoms with Gasteiger partial charge in [0.05, 0.1) is 5.69 Å². The van der Waals surface area contributed by atoms with E-state index in [2.05, 4.69) is 24.3 Å². The maximum absolute atomic E-state index is 13.1. The van der Waals surface area contributed by atoms with E-state index < -0.39 is 17.4 Å². The molecule has 6 heteroatoms. The van der Waals surface area contributed by atoms with Crippen LogP contribution in [0.15, 0.2) is 30.3 Å². The number of carbonyl (C=O) groups is 2. The molecule has 0 radical (unpaired) electrons. The van der Waals surface area contributed by atoms with Crippen molar-refractivity contribution < 1.29 is 14.7 Å². The summed E-state index contributed by atoms with van der Waals surface area (Å²) in [4.78, 5) is 25.3. The number of aliphatic carboxylic acids is 1. The molecule has 2 aromatic rings. The topological polar surface area (TPSA) is 84.2 Å². The molecule has 27 heavy (non-hydrogen) atoms. The summed E-state index contributed by atoms with van der Waals surface area (Å²) < 4.78 is 1.65. The van der Waals surface area contributed by atoms with Crippen molar-refractivity contribution in [3.05, 3.63) is 52.8 Å². The van der Waals surface area contributed by atoms with Gasteiger partial charge in [-0.1, -0.05) is 38.1 Å². The van der Waals surface area contributed by atoms with Gasteiger partial charge in [-0.25, -0.2) is 4.79 Å². The number of aryl methyl sites for hydroxylation is 2. The van der Waals surface area contributed by atoms with Crippen molar-refractivity contribution >= 4 is 11.9 Å². The summed E-state index contributed by atoms with van der Waals surface area (Å²) in [7, 11) is 0. The number of nitrogens with one attached hydrogen (secondary N) is 1. The van der Waals surface area contributed by atoms with Crippen molar-refractivity contribution in [1.82, 2.24) is 15.1 Å². The molecule has 0 fully saturated rings. The van der Waals surface area contributed by atoms with Gasteiger partial charge in [-0.15, -0.1) is 0 Å². The number of nitrogens with zero attached hydrogens (tertiary/aromatic N) is 2. The number of hydrogen-bond donors (Lipinski definition) is 2. The highest BCUT2D eigenvalue weighted by Crippen LogP contribution is 2.36. The molecular formula is C21H27N3O3. The zero-order valence-electron chi connectivity index (χ0n) is 16.2. The van der Waals surface area contributed by atoms with Crippen molar-refractivity contribution in [2.45, 2.75) is 58.5 Å². The molecule has 0 aliphatic heterocycles. The Balaban J connectivity index is 1.97. The van der Waals surface area contributed by atoms with Gasteiger partial charge in [-0.2, -0.15) is 5.10 Å². The van der Waals surface area contributed by atoms with E-state index in [1.807, 2.05) is 31.2 Å². The molecule has 1 aromatic carbocycles. The number of carbonyl (C=O) groups excluding carboxylic acids is 1. The van der Waals surface area contributed by atoms with E-state index in [1.54, 1.807) is 10.7 Å². The van der Waals surface area contributed by atoms with Crippen LogP contribution in [-0.4, -0.2) is 26.8 Å². The van der Waals surface area contributed by atoms with Crippen LogP contribution in [0, 0.1) is 5.92 Å². The van der Waals surface area contributed by atoms with Gasteiger partial charge in [0.25, 0.3) is 5.91 Å². The first-order chi connectivity index (χ1) is 12.9. The summed E-state index contributed by atoms with van der Waals surface area (Å²) in [5.74, 6) is -0.983. The smallest absolute Gasteiger partial charge is 0.334 e. The minimum absolute atomic E-state index is 0.379. The van der Waals surface area contributed by atoms with Gasteiger partial charge in [0, 0.05) is 6.54 Å². The van der Waals surface area contributed by atoms with Crippen molar-refractivity contribution in [2.75, 3.05) is 0 Å². The summed E-state index contributed by atoms with van der Waals surface area (Å²) in [6, 6.07) is 9.26. The molecule has 1 amide bonds. The zero-order chi connectivity index (χ0) is 19.6. The second-order valence-electron chi connectivity index (χ2n) is 7.61. The lowest BCUT2D eigenvalue weighted by atomic mass is 9.76. The Labute approximate surface area is 159 Å².